The average molecular weight is 635 g/mol. The standard InChI is InChI=1S/C31H34Cl2FN3O4S/c1-2-29(31(39)35-24-9-5-3-6-10-24)36(20-22-13-15-23(32)16-14-22)30(38)21-37(25-17-18-28(34)27(33)19-25)42(40,41)26-11-7-4-8-12-26/h4,7-8,11-19,24,29H,2-3,5-6,9-10,20-21H2,1H3,(H,35,39)/t29-/m0/s1. The summed E-state index contributed by atoms with van der Waals surface area (Å²) in [4.78, 5) is 29.1. The zero-order valence-corrected chi connectivity index (χ0v) is 25.6. The van der Waals surface area contributed by atoms with Crippen molar-refractivity contribution in [1.29, 1.82) is 0 Å². The number of hydrogen-bond acceptors (Lipinski definition) is 4. The molecule has 3 aromatic carbocycles. The topological polar surface area (TPSA) is 86.8 Å². The van der Waals surface area contributed by atoms with Gasteiger partial charge in [-0.3, -0.25) is 13.9 Å². The molecule has 11 heteroatoms. The number of sulfonamides is 1. The van der Waals surface area contributed by atoms with Crippen LogP contribution < -0.4 is 9.62 Å². The highest BCUT2D eigenvalue weighted by molar-refractivity contribution is 7.92. The van der Waals surface area contributed by atoms with Crippen LogP contribution in [0.25, 0.3) is 0 Å². The summed E-state index contributed by atoms with van der Waals surface area (Å²) in [5.41, 5.74) is 0.740. The van der Waals surface area contributed by atoms with Crippen LogP contribution in [-0.2, 0) is 26.2 Å². The number of anilines is 1. The number of rotatable bonds is 11. The molecule has 1 saturated carbocycles. The predicted octanol–water partition coefficient (Wildman–Crippen LogP) is 6.58. The fourth-order valence-electron chi connectivity index (χ4n) is 5.14. The molecule has 0 spiro atoms. The van der Waals surface area contributed by atoms with Gasteiger partial charge < -0.3 is 10.2 Å². The fraction of sp³-hybridized carbons (Fsp3) is 0.355. The van der Waals surface area contributed by atoms with Crippen LogP contribution in [0, 0.1) is 5.82 Å². The molecule has 2 amide bonds. The van der Waals surface area contributed by atoms with Gasteiger partial charge in [0.1, 0.15) is 18.4 Å². The van der Waals surface area contributed by atoms with Crippen molar-refractivity contribution in [2.24, 2.45) is 0 Å². The van der Waals surface area contributed by atoms with Crippen LogP contribution >= 0.6 is 23.2 Å². The molecule has 42 heavy (non-hydrogen) atoms. The van der Waals surface area contributed by atoms with Crippen molar-refractivity contribution in [3.8, 4) is 0 Å². The molecule has 1 aliphatic carbocycles. The Balaban J connectivity index is 1.71. The summed E-state index contributed by atoms with van der Waals surface area (Å²) in [6, 6.07) is 17.2. The molecule has 1 N–H and O–H groups in total. The van der Waals surface area contributed by atoms with E-state index in [-0.39, 0.29) is 34.1 Å². The van der Waals surface area contributed by atoms with Crippen LogP contribution in [0.1, 0.15) is 51.0 Å². The summed E-state index contributed by atoms with van der Waals surface area (Å²) in [6.07, 6.45) is 5.25. The first kappa shape index (κ1) is 31.8. The second-order valence-electron chi connectivity index (χ2n) is 10.3. The van der Waals surface area contributed by atoms with Gasteiger partial charge >= 0.3 is 0 Å². The summed E-state index contributed by atoms with van der Waals surface area (Å²) in [5.74, 6) is -1.61. The van der Waals surface area contributed by atoms with Gasteiger partial charge in [-0.25, -0.2) is 12.8 Å². The molecule has 3 aromatic rings. The molecule has 0 radical (unpaired) electrons. The van der Waals surface area contributed by atoms with E-state index in [9.17, 15) is 22.4 Å². The molecule has 1 aliphatic rings. The lowest BCUT2D eigenvalue weighted by atomic mass is 9.95. The molecule has 224 valence electrons. The van der Waals surface area contributed by atoms with Gasteiger partial charge in [0.05, 0.1) is 15.6 Å². The third-order valence-corrected chi connectivity index (χ3v) is 9.73. The number of benzene rings is 3. The Hall–Kier alpha value is -3.14. The first-order valence-corrected chi connectivity index (χ1v) is 16.2. The molecule has 0 unspecified atom stereocenters. The third-order valence-electron chi connectivity index (χ3n) is 7.40. The lowest BCUT2D eigenvalue weighted by molar-refractivity contribution is -0.140. The molecule has 0 aliphatic heterocycles. The Morgan fingerprint density at radius 3 is 2.26 bits per heavy atom. The van der Waals surface area contributed by atoms with Crippen molar-refractivity contribution in [2.75, 3.05) is 10.8 Å². The van der Waals surface area contributed by atoms with E-state index < -0.39 is 34.3 Å². The van der Waals surface area contributed by atoms with Crippen molar-refractivity contribution in [3.05, 3.63) is 94.2 Å². The summed E-state index contributed by atoms with van der Waals surface area (Å²) in [7, 11) is -4.28. The van der Waals surface area contributed by atoms with Gasteiger partial charge in [-0.15, -0.1) is 0 Å². The first-order chi connectivity index (χ1) is 20.1. The van der Waals surface area contributed by atoms with Gasteiger partial charge in [0.25, 0.3) is 10.0 Å². The molecular formula is C31H34Cl2FN3O4S. The maximum absolute atomic E-state index is 14.1. The molecular weight excluding hydrogens is 600 g/mol. The Morgan fingerprint density at radius 1 is 0.976 bits per heavy atom. The van der Waals surface area contributed by atoms with Gasteiger partial charge in [-0.2, -0.15) is 0 Å². The number of amides is 2. The number of carbonyl (C=O) groups is 2. The lowest BCUT2D eigenvalue weighted by Gasteiger charge is -2.34. The summed E-state index contributed by atoms with van der Waals surface area (Å²) >= 11 is 12.1. The normalized spacial score (nSPS) is 14.7. The van der Waals surface area contributed by atoms with E-state index in [1.54, 1.807) is 42.5 Å². The number of halogens is 3. The van der Waals surface area contributed by atoms with Crippen LogP contribution in [0.15, 0.2) is 77.7 Å². The summed E-state index contributed by atoms with van der Waals surface area (Å²) < 4.78 is 42.6. The van der Waals surface area contributed by atoms with E-state index in [2.05, 4.69) is 5.32 Å². The van der Waals surface area contributed by atoms with Crippen molar-refractivity contribution in [1.82, 2.24) is 10.2 Å². The Kier molecular flexibility index (Phi) is 10.9. The van der Waals surface area contributed by atoms with Crippen LogP contribution in [0.3, 0.4) is 0 Å². The fourth-order valence-corrected chi connectivity index (χ4v) is 6.87. The highest BCUT2D eigenvalue weighted by Gasteiger charge is 2.34. The van der Waals surface area contributed by atoms with Gasteiger partial charge in [0, 0.05) is 17.6 Å². The molecule has 0 heterocycles. The SMILES string of the molecule is CC[C@@H](C(=O)NC1CCCCC1)N(Cc1ccc(Cl)cc1)C(=O)CN(c1ccc(F)c(Cl)c1)S(=O)(=O)c1ccccc1. The van der Waals surface area contributed by atoms with Gasteiger partial charge in [0.15, 0.2) is 0 Å². The smallest absolute Gasteiger partial charge is 0.264 e. The molecule has 7 nitrogen and oxygen atoms in total. The quantitative estimate of drug-likeness (QED) is 0.258. The molecule has 0 saturated heterocycles. The van der Waals surface area contributed by atoms with Crippen molar-refractivity contribution < 1.29 is 22.4 Å². The summed E-state index contributed by atoms with van der Waals surface area (Å²) in [5, 5.41) is 3.34. The zero-order valence-electron chi connectivity index (χ0n) is 23.3. The van der Waals surface area contributed by atoms with Gasteiger partial charge in [-0.05, 0) is 67.3 Å². The Bertz CT molecular complexity index is 1480. The maximum Gasteiger partial charge on any atom is 0.264 e. The van der Waals surface area contributed by atoms with Crippen LogP contribution in [0.4, 0.5) is 10.1 Å². The van der Waals surface area contributed by atoms with Crippen molar-refractivity contribution in [2.45, 2.75) is 69.0 Å². The number of nitrogens with zero attached hydrogens (tertiary/aromatic N) is 2. The number of nitrogens with one attached hydrogen (secondary N) is 1. The van der Waals surface area contributed by atoms with Crippen LogP contribution in [-0.4, -0.2) is 43.8 Å². The van der Waals surface area contributed by atoms with E-state index in [1.165, 1.54) is 29.2 Å². The largest absolute Gasteiger partial charge is 0.352 e. The van der Waals surface area contributed by atoms with E-state index in [4.69, 9.17) is 23.2 Å². The molecule has 1 atom stereocenters. The second-order valence-corrected chi connectivity index (χ2v) is 13.0. The Labute approximate surface area is 256 Å². The molecule has 1 fully saturated rings. The van der Waals surface area contributed by atoms with Crippen LogP contribution in [0.5, 0.6) is 0 Å². The zero-order chi connectivity index (χ0) is 30.3. The first-order valence-electron chi connectivity index (χ1n) is 14.0. The van der Waals surface area contributed by atoms with E-state index >= 15 is 0 Å². The van der Waals surface area contributed by atoms with E-state index in [0.717, 1.165) is 48.0 Å². The monoisotopic (exact) mass is 633 g/mol. The minimum Gasteiger partial charge on any atom is -0.352 e. The lowest BCUT2D eigenvalue weighted by Crippen LogP contribution is -2.54. The van der Waals surface area contributed by atoms with Crippen LogP contribution in [0.2, 0.25) is 10.0 Å². The Morgan fingerprint density at radius 2 is 1.64 bits per heavy atom. The van der Waals surface area contributed by atoms with Gasteiger partial charge in [-0.1, -0.05) is 79.7 Å². The highest BCUT2D eigenvalue weighted by atomic mass is 35.5. The average Bonchev–Trinajstić information content (AvgIpc) is 2.99. The van der Waals surface area contributed by atoms with Crippen molar-refractivity contribution in [3.63, 3.8) is 0 Å². The van der Waals surface area contributed by atoms with E-state index in [0.29, 0.717) is 11.4 Å². The number of hydrogen-bond donors (Lipinski definition) is 1. The third kappa shape index (κ3) is 7.82. The predicted molar refractivity (Wildman–Crippen MR) is 163 cm³/mol. The minimum atomic E-state index is -4.28. The van der Waals surface area contributed by atoms with E-state index in [1.807, 2.05) is 6.92 Å². The van der Waals surface area contributed by atoms with Crippen molar-refractivity contribution >= 4 is 50.7 Å². The molecule has 0 aromatic heterocycles. The van der Waals surface area contributed by atoms with Gasteiger partial charge in [0.2, 0.25) is 11.8 Å². The highest BCUT2D eigenvalue weighted by Crippen LogP contribution is 2.28. The summed E-state index contributed by atoms with van der Waals surface area (Å²) in [6.45, 7) is 1.22. The molecule has 0 bridgehead atoms. The number of carbonyl (C=O) groups excluding carboxylic acids is 2. The molecule has 4 rings (SSSR count). The maximum atomic E-state index is 14.1. The minimum absolute atomic E-state index is 0.0183. The second kappa shape index (κ2) is 14.4.